The summed E-state index contributed by atoms with van der Waals surface area (Å²) in [5.41, 5.74) is 1.05. The predicted molar refractivity (Wildman–Crippen MR) is 56.1 cm³/mol. The molecule has 0 atom stereocenters. The summed E-state index contributed by atoms with van der Waals surface area (Å²) in [5, 5.41) is 0. The highest BCUT2D eigenvalue weighted by Crippen LogP contribution is 2.08. The Bertz CT molecular complexity index is 167. The van der Waals surface area contributed by atoms with Gasteiger partial charge in [0.25, 0.3) is 0 Å². The Labute approximate surface area is 92.7 Å². The summed E-state index contributed by atoms with van der Waals surface area (Å²) in [4.78, 5) is 0. The fourth-order valence-electron chi connectivity index (χ4n) is 0.484. The Hall–Kier alpha value is 1.05. The van der Waals surface area contributed by atoms with Crippen LogP contribution in [-0.2, 0) is 0 Å². The smallest absolute Gasteiger partial charge is 0.309 e. The van der Waals surface area contributed by atoms with E-state index in [9.17, 15) is 0 Å². The zero-order valence-electron chi connectivity index (χ0n) is 5.86. The van der Waals surface area contributed by atoms with Gasteiger partial charge in [-0.2, -0.15) is 0 Å². The van der Waals surface area contributed by atoms with Crippen molar-refractivity contribution in [2.75, 3.05) is 0 Å². The molecule has 0 amide bonds. The Morgan fingerprint density at radius 1 is 1.18 bits per heavy atom. The van der Waals surface area contributed by atoms with Crippen LogP contribution in [0.25, 0.3) is 0 Å². The zero-order chi connectivity index (χ0) is 8.69. The second-order valence-corrected chi connectivity index (χ2v) is 5.27. The summed E-state index contributed by atoms with van der Waals surface area (Å²) >= 11 is 2.68. The van der Waals surface area contributed by atoms with Crippen molar-refractivity contribution in [2.45, 2.75) is 0 Å². The molecule has 1 rings (SSSR count). The molecule has 0 aliphatic heterocycles. The van der Waals surface area contributed by atoms with E-state index < -0.39 is 18.2 Å². The monoisotopic (exact) mass is 263 g/mol. The van der Waals surface area contributed by atoms with Crippen molar-refractivity contribution in [1.82, 2.24) is 0 Å². The molecule has 0 aliphatic carbocycles. The minimum Gasteiger partial charge on any atom is -0.309 e. The largest absolute Gasteiger partial charge is 0.618 e. The quantitative estimate of drug-likeness (QED) is 0.628. The molecule has 1 aromatic rings. The summed E-state index contributed by atoms with van der Waals surface area (Å²) in [6.45, 7) is 3.74. The van der Waals surface area contributed by atoms with Gasteiger partial charge >= 0.3 is 18.2 Å². The second kappa shape index (κ2) is 7.68. The third-order valence-corrected chi connectivity index (χ3v) is 1.44. The van der Waals surface area contributed by atoms with Crippen LogP contribution in [0.1, 0.15) is 5.56 Å². The second-order valence-electron chi connectivity index (χ2n) is 1.73. The molecule has 57 valence electrons. The van der Waals surface area contributed by atoms with E-state index in [1.807, 2.05) is 24.3 Å². The maximum absolute atomic E-state index is 4.90. The molecule has 0 spiro atoms. The summed E-state index contributed by atoms with van der Waals surface area (Å²) in [5.74, 6) is 0. The van der Waals surface area contributed by atoms with E-state index in [4.69, 9.17) is 18.1 Å². The van der Waals surface area contributed by atoms with E-state index in [1.165, 1.54) is 0 Å². The number of hydrogen-bond donors (Lipinski definition) is 0. The molecule has 0 bridgehead atoms. The van der Waals surface area contributed by atoms with Crippen LogP contribution in [0.5, 0.6) is 0 Å². The highest BCUT2D eigenvalue weighted by atomic mass is 79.9. The fourth-order valence-corrected chi connectivity index (χ4v) is 0.749. The number of benzene rings is 1. The molecule has 0 fully saturated rings. The topological polar surface area (TPSA) is 0 Å². The van der Waals surface area contributed by atoms with Crippen LogP contribution in [-0.4, -0.2) is 18.2 Å². The molecule has 0 saturated carbocycles. The minimum absolute atomic E-state index is 0.639. The van der Waals surface area contributed by atoms with Crippen LogP contribution < -0.4 is 0 Å². The molecule has 1 radical (unpaired) electrons. The summed E-state index contributed by atoms with van der Waals surface area (Å²) < 4.78 is 1.10. The van der Waals surface area contributed by atoms with E-state index >= 15 is 0 Å². The average Bonchev–Trinajstić information content (AvgIpc) is 1.97. The standard InChI is InChI=1S/C7H6Br.2ClH.Mg/c1-6-2-4-7(8)5-3-6;;;/h2-5H,1H2;2*1H;/q;;;+2/p-2. The lowest BCUT2D eigenvalue weighted by atomic mass is 10.2. The minimum atomic E-state index is -0.639. The lowest BCUT2D eigenvalue weighted by Gasteiger charge is -1.88. The average molecular weight is 265 g/mol. The molecule has 0 nitrogen and oxygen atoms in total. The Balaban J connectivity index is 0.000000292. The van der Waals surface area contributed by atoms with Crippen molar-refractivity contribution < 1.29 is 0 Å². The van der Waals surface area contributed by atoms with Gasteiger partial charge in [-0.1, -0.05) is 28.1 Å². The third kappa shape index (κ3) is 7.41. The summed E-state index contributed by atoms with van der Waals surface area (Å²) in [7, 11) is 9.81. The van der Waals surface area contributed by atoms with Crippen LogP contribution in [0.4, 0.5) is 0 Å². The van der Waals surface area contributed by atoms with Crippen molar-refractivity contribution in [3.05, 3.63) is 41.2 Å². The normalized spacial score (nSPS) is 7.64. The van der Waals surface area contributed by atoms with Crippen molar-refractivity contribution in [3.8, 4) is 0 Å². The highest BCUT2D eigenvalue weighted by molar-refractivity contribution is 9.10. The number of hydrogen-bond acceptors (Lipinski definition) is 0. The zero-order valence-corrected chi connectivity index (χ0v) is 10.4. The van der Waals surface area contributed by atoms with E-state index in [0.717, 1.165) is 10.0 Å². The van der Waals surface area contributed by atoms with Gasteiger partial charge in [0.15, 0.2) is 0 Å². The van der Waals surface area contributed by atoms with Gasteiger partial charge in [-0.3, -0.25) is 0 Å². The molecule has 0 N–H and O–H groups in total. The van der Waals surface area contributed by atoms with Crippen LogP contribution in [0, 0.1) is 6.92 Å². The molecule has 0 aromatic heterocycles. The third-order valence-electron chi connectivity index (χ3n) is 0.913. The SMILES string of the molecule is [CH2]c1ccc(Br)cc1.[Cl][Mg][Cl]. The van der Waals surface area contributed by atoms with Gasteiger partial charge in [0.05, 0.1) is 0 Å². The van der Waals surface area contributed by atoms with Gasteiger partial charge < -0.3 is 18.1 Å². The van der Waals surface area contributed by atoms with Crippen LogP contribution in [0.2, 0.25) is 0 Å². The van der Waals surface area contributed by atoms with Gasteiger partial charge in [0.2, 0.25) is 0 Å². The maximum atomic E-state index is 4.90. The van der Waals surface area contributed by atoms with Gasteiger partial charge in [0.1, 0.15) is 0 Å². The van der Waals surface area contributed by atoms with Crippen molar-refractivity contribution >= 4 is 52.2 Å². The van der Waals surface area contributed by atoms with Crippen LogP contribution >= 0.6 is 34.1 Å². The lowest BCUT2D eigenvalue weighted by molar-refractivity contribution is 1.58. The number of halogens is 3. The molecule has 11 heavy (non-hydrogen) atoms. The molecule has 0 saturated heterocycles. The number of rotatable bonds is 0. The lowest BCUT2D eigenvalue weighted by Crippen LogP contribution is -1.66. The Morgan fingerprint density at radius 3 is 1.82 bits per heavy atom. The van der Waals surface area contributed by atoms with Crippen molar-refractivity contribution in [2.24, 2.45) is 0 Å². The molecule has 1 aromatic carbocycles. The highest BCUT2D eigenvalue weighted by Gasteiger charge is 1.81. The Kier molecular flexibility index (Phi) is 8.41. The predicted octanol–water partition coefficient (Wildman–Crippen LogP) is 3.63. The summed E-state index contributed by atoms with van der Waals surface area (Å²) in [6.07, 6.45) is 0. The molecule has 0 unspecified atom stereocenters. The maximum Gasteiger partial charge on any atom is 0.618 e. The molecule has 4 heteroatoms. The molecular weight excluding hydrogens is 259 g/mol. The van der Waals surface area contributed by atoms with Crippen LogP contribution in [0.3, 0.4) is 0 Å². The van der Waals surface area contributed by atoms with E-state index in [2.05, 4.69) is 22.9 Å². The Morgan fingerprint density at radius 2 is 1.55 bits per heavy atom. The van der Waals surface area contributed by atoms with Crippen LogP contribution in [0.15, 0.2) is 28.7 Å². The van der Waals surface area contributed by atoms with Gasteiger partial charge in [-0.15, -0.1) is 0 Å². The van der Waals surface area contributed by atoms with Crippen molar-refractivity contribution in [3.63, 3.8) is 0 Å². The molecule has 0 heterocycles. The van der Waals surface area contributed by atoms with Gasteiger partial charge in [-0.05, 0) is 24.6 Å². The van der Waals surface area contributed by atoms with Gasteiger partial charge in [-0.25, -0.2) is 0 Å². The summed E-state index contributed by atoms with van der Waals surface area (Å²) in [6, 6.07) is 7.87. The fraction of sp³-hybridized carbons (Fsp3) is 0. The van der Waals surface area contributed by atoms with E-state index in [0.29, 0.717) is 0 Å². The first-order valence-electron chi connectivity index (χ1n) is 2.90. The van der Waals surface area contributed by atoms with Crippen molar-refractivity contribution in [1.29, 1.82) is 0 Å². The first-order chi connectivity index (χ1) is 5.20. The first-order valence-corrected chi connectivity index (χ1v) is 7.97. The molecular formula is C7H6BrCl2Mg. The molecule has 0 aliphatic rings. The first kappa shape index (κ1) is 12.0. The van der Waals surface area contributed by atoms with E-state index in [1.54, 1.807) is 0 Å². The van der Waals surface area contributed by atoms with Gasteiger partial charge in [0, 0.05) is 4.47 Å². The van der Waals surface area contributed by atoms with E-state index in [-0.39, 0.29) is 0 Å².